The molecule has 0 amide bonds. The van der Waals surface area contributed by atoms with Crippen molar-refractivity contribution < 1.29 is 9.90 Å². The first-order chi connectivity index (χ1) is 9.99. The van der Waals surface area contributed by atoms with Crippen LogP contribution in [0.2, 0.25) is 0 Å². The predicted molar refractivity (Wildman–Crippen MR) is 87.8 cm³/mol. The van der Waals surface area contributed by atoms with Crippen LogP contribution in [0.3, 0.4) is 0 Å². The number of carbonyl (C=O) groups is 1. The molecule has 4 nitrogen and oxygen atoms in total. The molecule has 0 fully saturated rings. The molecule has 1 unspecified atom stereocenters. The van der Waals surface area contributed by atoms with Crippen molar-refractivity contribution in [3.05, 3.63) is 29.8 Å². The predicted octanol–water partition coefficient (Wildman–Crippen LogP) is 3.29. The lowest BCUT2D eigenvalue weighted by Gasteiger charge is -2.22. The number of anilines is 1. The van der Waals surface area contributed by atoms with Crippen LogP contribution in [0, 0.1) is 5.92 Å². The van der Waals surface area contributed by atoms with Crippen LogP contribution in [0.15, 0.2) is 24.3 Å². The molecule has 0 radical (unpaired) electrons. The van der Waals surface area contributed by atoms with E-state index in [-0.39, 0.29) is 0 Å². The van der Waals surface area contributed by atoms with Gasteiger partial charge >= 0.3 is 5.97 Å². The summed E-state index contributed by atoms with van der Waals surface area (Å²) in [5.41, 5.74) is 1.94. The Balaban J connectivity index is 2.77. The molecule has 0 bridgehead atoms. The summed E-state index contributed by atoms with van der Waals surface area (Å²) < 4.78 is 0. The lowest BCUT2D eigenvalue weighted by atomic mass is 10.1. The van der Waals surface area contributed by atoms with E-state index in [1.807, 2.05) is 24.3 Å². The van der Waals surface area contributed by atoms with Crippen molar-refractivity contribution in [3.8, 4) is 0 Å². The minimum atomic E-state index is -0.825. The lowest BCUT2D eigenvalue weighted by Crippen LogP contribution is -2.30. The molecule has 0 aliphatic rings. The minimum absolute atomic E-state index is 0.567. The molecule has 0 aromatic heterocycles. The summed E-state index contributed by atoms with van der Waals surface area (Å²) in [6.45, 7) is 11.1. The van der Waals surface area contributed by atoms with E-state index in [4.69, 9.17) is 0 Å². The molecule has 0 saturated heterocycles. The average Bonchev–Trinajstić information content (AvgIpc) is 2.45. The Bertz CT molecular complexity index is 425. The summed E-state index contributed by atoms with van der Waals surface area (Å²) in [6, 6.07) is 7.20. The molecular weight excluding hydrogens is 264 g/mol. The van der Waals surface area contributed by atoms with Crippen LogP contribution >= 0.6 is 0 Å². The monoisotopic (exact) mass is 292 g/mol. The summed E-state index contributed by atoms with van der Waals surface area (Å²) in [6.07, 6.45) is 0.974. The van der Waals surface area contributed by atoms with Gasteiger partial charge in [-0.05, 0) is 50.4 Å². The van der Waals surface area contributed by atoms with E-state index < -0.39 is 12.0 Å². The van der Waals surface area contributed by atoms with Gasteiger partial charge in [-0.3, -0.25) is 4.79 Å². The van der Waals surface area contributed by atoms with Crippen molar-refractivity contribution >= 4 is 11.7 Å². The van der Waals surface area contributed by atoms with Gasteiger partial charge in [0.15, 0.2) is 0 Å². The Morgan fingerprint density at radius 3 is 2.19 bits per heavy atom. The maximum atomic E-state index is 11.4. The molecule has 0 aliphatic heterocycles. The van der Waals surface area contributed by atoms with E-state index in [1.165, 1.54) is 0 Å². The Labute approximate surface area is 128 Å². The highest BCUT2D eigenvalue weighted by molar-refractivity contribution is 5.75. The van der Waals surface area contributed by atoms with E-state index in [9.17, 15) is 9.90 Å². The zero-order valence-electron chi connectivity index (χ0n) is 13.6. The largest absolute Gasteiger partial charge is 0.480 e. The summed E-state index contributed by atoms with van der Waals surface area (Å²) >= 11 is 0. The molecule has 118 valence electrons. The molecule has 1 aromatic carbocycles. The van der Waals surface area contributed by atoms with Crippen LogP contribution in [-0.2, 0) is 4.79 Å². The third kappa shape index (κ3) is 5.38. The molecule has 4 heteroatoms. The maximum absolute atomic E-state index is 11.4. The number of nitrogens with one attached hydrogen (secondary N) is 1. The van der Waals surface area contributed by atoms with E-state index >= 15 is 0 Å². The first-order valence-electron chi connectivity index (χ1n) is 7.80. The SMILES string of the molecule is CCN(CC)c1ccc(C(NCCC(C)C)C(=O)O)cc1. The van der Waals surface area contributed by atoms with E-state index in [0.717, 1.165) is 30.8 Å². The molecule has 21 heavy (non-hydrogen) atoms. The zero-order valence-corrected chi connectivity index (χ0v) is 13.6. The standard InChI is InChI=1S/C17H28N2O2/c1-5-19(6-2)15-9-7-14(8-10-15)16(17(20)21)18-12-11-13(3)4/h7-10,13,16,18H,5-6,11-12H2,1-4H3,(H,20,21). The number of hydrogen-bond acceptors (Lipinski definition) is 3. The van der Waals surface area contributed by atoms with E-state index in [1.54, 1.807) is 0 Å². The first kappa shape index (κ1) is 17.5. The van der Waals surface area contributed by atoms with E-state index in [0.29, 0.717) is 12.5 Å². The second-order valence-electron chi connectivity index (χ2n) is 5.67. The highest BCUT2D eigenvalue weighted by Crippen LogP contribution is 2.20. The van der Waals surface area contributed by atoms with Crippen LogP contribution in [0.25, 0.3) is 0 Å². The zero-order chi connectivity index (χ0) is 15.8. The molecule has 1 aromatic rings. The number of benzene rings is 1. The molecule has 0 aliphatic carbocycles. The number of rotatable bonds is 9. The number of carboxylic acids is 1. The van der Waals surface area contributed by atoms with Gasteiger partial charge in [-0.1, -0.05) is 26.0 Å². The number of aliphatic carboxylic acids is 1. The molecular formula is C17H28N2O2. The summed E-state index contributed by atoms with van der Waals surface area (Å²) in [5, 5.41) is 12.5. The summed E-state index contributed by atoms with van der Waals surface area (Å²) in [5.74, 6) is -0.258. The van der Waals surface area contributed by atoms with Gasteiger partial charge in [-0.2, -0.15) is 0 Å². The molecule has 1 rings (SSSR count). The van der Waals surface area contributed by atoms with Crippen molar-refractivity contribution in [2.45, 2.75) is 40.2 Å². The van der Waals surface area contributed by atoms with Gasteiger partial charge in [0.2, 0.25) is 0 Å². The molecule has 2 N–H and O–H groups in total. The fourth-order valence-corrected chi connectivity index (χ4v) is 2.33. The topological polar surface area (TPSA) is 52.6 Å². The quantitative estimate of drug-likeness (QED) is 0.733. The maximum Gasteiger partial charge on any atom is 0.325 e. The Morgan fingerprint density at radius 1 is 1.19 bits per heavy atom. The third-order valence-corrected chi connectivity index (χ3v) is 3.67. The van der Waals surface area contributed by atoms with Crippen LogP contribution in [0.4, 0.5) is 5.69 Å². The van der Waals surface area contributed by atoms with Crippen LogP contribution in [-0.4, -0.2) is 30.7 Å². The van der Waals surface area contributed by atoms with Crippen molar-refractivity contribution in [3.63, 3.8) is 0 Å². The van der Waals surface area contributed by atoms with Crippen molar-refractivity contribution in [1.82, 2.24) is 5.32 Å². The number of nitrogens with zero attached hydrogens (tertiary/aromatic N) is 1. The second kappa shape index (κ2) is 8.67. The van der Waals surface area contributed by atoms with Gasteiger partial charge in [-0.15, -0.1) is 0 Å². The number of hydrogen-bond donors (Lipinski definition) is 2. The fourth-order valence-electron chi connectivity index (χ4n) is 2.33. The van der Waals surface area contributed by atoms with Gasteiger partial charge in [0.05, 0.1) is 0 Å². The van der Waals surface area contributed by atoms with Crippen molar-refractivity contribution in [2.75, 3.05) is 24.5 Å². The van der Waals surface area contributed by atoms with Gasteiger partial charge in [-0.25, -0.2) is 0 Å². The van der Waals surface area contributed by atoms with Gasteiger partial charge in [0, 0.05) is 18.8 Å². The van der Waals surface area contributed by atoms with Crippen molar-refractivity contribution in [2.24, 2.45) is 5.92 Å². The van der Waals surface area contributed by atoms with Crippen LogP contribution < -0.4 is 10.2 Å². The summed E-state index contributed by atoms with van der Waals surface area (Å²) in [7, 11) is 0. The second-order valence-corrected chi connectivity index (χ2v) is 5.67. The van der Waals surface area contributed by atoms with Gasteiger partial charge < -0.3 is 15.3 Å². The average molecular weight is 292 g/mol. The van der Waals surface area contributed by atoms with Crippen molar-refractivity contribution in [1.29, 1.82) is 0 Å². The Kier molecular flexibility index (Phi) is 7.23. The molecule has 0 spiro atoms. The smallest absolute Gasteiger partial charge is 0.325 e. The highest BCUT2D eigenvalue weighted by Gasteiger charge is 2.19. The summed E-state index contributed by atoms with van der Waals surface area (Å²) in [4.78, 5) is 13.7. The Hall–Kier alpha value is -1.55. The first-order valence-corrected chi connectivity index (χ1v) is 7.80. The fraction of sp³-hybridized carbons (Fsp3) is 0.588. The molecule has 1 atom stereocenters. The van der Waals surface area contributed by atoms with Gasteiger partial charge in [0.1, 0.15) is 6.04 Å². The van der Waals surface area contributed by atoms with Crippen LogP contribution in [0.1, 0.15) is 45.7 Å². The number of carboxylic acid groups (broad SMARTS) is 1. The molecule has 0 saturated carbocycles. The third-order valence-electron chi connectivity index (χ3n) is 3.67. The molecule has 0 heterocycles. The van der Waals surface area contributed by atoms with Crippen LogP contribution in [0.5, 0.6) is 0 Å². The normalized spacial score (nSPS) is 12.4. The highest BCUT2D eigenvalue weighted by atomic mass is 16.4. The minimum Gasteiger partial charge on any atom is -0.480 e. The Morgan fingerprint density at radius 2 is 1.76 bits per heavy atom. The lowest BCUT2D eigenvalue weighted by molar-refractivity contribution is -0.139. The van der Waals surface area contributed by atoms with Gasteiger partial charge in [0.25, 0.3) is 0 Å². The van der Waals surface area contributed by atoms with E-state index in [2.05, 4.69) is 37.9 Å².